The lowest BCUT2D eigenvalue weighted by atomic mass is 9.93. The van der Waals surface area contributed by atoms with Crippen LogP contribution in [0.2, 0.25) is 0 Å². The van der Waals surface area contributed by atoms with E-state index in [-0.39, 0.29) is 30.3 Å². The third kappa shape index (κ3) is 4.03. The Morgan fingerprint density at radius 3 is 2.66 bits per heavy atom. The second kappa shape index (κ2) is 7.27. The van der Waals surface area contributed by atoms with E-state index in [0.717, 1.165) is 28.7 Å². The molecule has 2 aromatic rings. The topological polar surface area (TPSA) is 62.5 Å². The molecule has 6 nitrogen and oxygen atoms in total. The third-order valence-corrected chi connectivity index (χ3v) is 5.24. The predicted octanol–water partition coefficient (Wildman–Crippen LogP) is 3.84. The van der Waals surface area contributed by atoms with Crippen LogP contribution in [0.15, 0.2) is 24.3 Å². The number of nitrogens with zero attached hydrogens (tertiary/aromatic N) is 4. The molecular formula is C18H18F5N5O. The van der Waals surface area contributed by atoms with Gasteiger partial charge in [0.25, 0.3) is 6.08 Å². The summed E-state index contributed by atoms with van der Waals surface area (Å²) in [5, 5.41) is 7.40. The maximum atomic E-state index is 13.5. The largest absolute Gasteiger partial charge is 0.435 e. The van der Waals surface area contributed by atoms with Gasteiger partial charge in [-0.2, -0.15) is 22.0 Å². The minimum absolute atomic E-state index is 0.00405. The van der Waals surface area contributed by atoms with Crippen LogP contribution in [-0.2, 0) is 17.5 Å². The molecule has 0 bridgehead atoms. The first-order chi connectivity index (χ1) is 13.7. The molecule has 1 saturated carbocycles. The number of amides is 1. The number of alkyl halides is 3. The molecule has 29 heavy (non-hydrogen) atoms. The molecule has 11 heteroatoms. The molecule has 1 aliphatic heterocycles. The van der Waals surface area contributed by atoms with E-state index in [0.29, 0.717) is 11.9 Å². The van der Waals surface area contributed by atoms with Crippen LogP contribution in [0.3, 0.4) is 0 Å². The van der Waals surface area contributed by atoms with E-state index in [1.54, 1.807) is 6.07 Å². The molecule has 2 fully saturated rings. The van der Waals surface area contributed by atoms with Gasteiger partial charge < -0.3 is 10.2 Å². The average Bonchev–Trinajstić information content (AvgIpc) is 3.11. The zero-order valence-electron chi connectivity index (χ0n) is 15.2. The molecule has 3 heterocycles. The third-order valence-electron chi connectivity index (χ3n) is 5.24. The van der Waals surface area contributed by atoms with E-state index in [2.05, 4.69) is 15.4 Å². The van der Waals surface area contributed by atoms with Crippen molar-refractivity contribution in [2.24, 2.45) is 5.92 Å². The number of fused-ring (bicyclic) bond motifs is 1. The Labute approximate surface area is 162 Å². The minimum atomic E-state index is -4.74. The van der Waals surface area contributed by atoms with Crippen LogP contribution >= 0.6 is 0 Å². The summed E-state index contributed by atoms with van der Waals surface area (Å²) in [5.74, 6) is -0.799. The first kappa shape index (κ1) is 19.6. The van der Waals surface area contributed by atoms with Gasteiger partial charge in [-0.15, -0.1) is 5.10 Å². The number of carbonyl (C=O) groups is 1. The van der Waals surface area contributed by atoms with Crippen molar-refractivity contribution < 1.29 is 26.7 Å². The summed E-state index contributed by atoms with van der Waals surface area (Å²) in [6, 6.07) is 3.23. The van der Waals surface area contributed by atoms with Crippen LogP contribution in [0.4, 0.5) is 27.8 Å². The number of hydrogen-bond acceptors (Lipinski definition) is 4. The van der Waals surface area contributed by atoms with Crippen LogP contribution in [0.5, 0.6) is 0 Å². The maximum absolute atomic E-state index is 13.5. The molecule has 1 atom stereocenters. The number of aromatic nitrogens is 3. The van der Waals surface area contributed by atoms with E-state index >= 15 is 0 Å². The predicted molar refractivity (Wildman–Crippen MR) is 93.1 cm³/mol. The summed E-state index contributed by atoms with van der Waals surface area (Å²) in [6.45, 7) is -0.492. The van der Waals surface area contributed by atoms with Crippen LogP contribution < -0.4 is 5.32 Å². The van der Waals surface area contributed by atoms with E-state index in [4.69, 9.17) is 0 Å². The normalized spacial score (nSPS) is 20.2. The summed E-state index contributed by atoms with van der Waals surface area (Å²) in [7, 11) is 0. The van der Waals surface area contributed by atoms with E-state index in [9.17, 15) is 26.7 Å². The molecule has 4 rings (SSSR count). The second-order valence-electron chi connectivity index (χ2n) is 7.36. The molecule has 2 aliphatic rings. The molecular weight excluding hydrogens is 397 g/mol. The lowest BCUT2D eigenvalue weighted by molar-refractivity contribution is -0.142. The second-order valence-corrected chi connectivity index (χ2v) is 7.36. The van der Waals surface area contributed by atoms with Gasteiger partial charge in [0, 0.05) is 24.9 Å². The first-order valence-corrected chi connectivity index (χ1v) is 9.23. The highest BCUT2D eigenvalue weighted by Crippen LogP contribution is 2.34. The monoisotopic (exact) mass is 415 g/mol. The van der Waals surface area contributed by atoms with Gasteiger partial charge in [-0.05, 0) is 37.5 Å². The zero-order valence-corrected chi connectivity index (χ0v) is 15.2. The molecule has 1 aliphatic carbocycles. The van der Waals surface area contributed by atoms with Crippen molar-refractivity contribution in [3.05, 3.63) is 35.7 Å². The highest BCUT2D eigenvalue weighted by Gasteiger charge is 2.40. The number of imidazole rings is 1. The number of likely N-dealkylation sites (tertiary alicyclic amines) is 1. The molecule has 1 amide bonds. The summed E-state index contributed by atoms with van der Waals surface area (Å²) < 4.78 is 66.7. The van der Waals surface area contributed by atoms with Crippen molar-refractivity contribution in [3.8, 4) is 0 Å². The first-order valence-electron chi connectivity index (χ1n) is 9.23. The fourth-order valence-corrected chi connectivity index (χ4v) is 3.61. The summed E-state index contributed by atoms with van der Waals surface area (Å²) in [5.41, 5.74) is -1.41. The van der Waals surface area contributed by atoms with Gasteiger partial charge in [0.2, 0.25) is 5.91 Å². The van der Waals surface area contributed by atoms with Crippen LogP contribution in [0.25, 0.3) is 5.65 Å². The lowest BCUT2D eigenvalue weighted by Crippen LogP contribution is -2.28. The van der Waals surface area contributed by atoms with Gasteiger partial charge in [0.05, 0.1) is 12.2 Å². The number of carbonyl (C=O) groups excluding carboxylic acids is 1. The van der Waals surface area contributed by atoms with Gasteiger partial charge in [-0.25, -0.2) is 9.50 Å². The lowest BCUT2D eigenvalue weighted by Gasteiger charge is -2.26. The van der Waals surface area contributed by atoms with Crippen LogP contribution in [0, 0.1) is 5.92 Å². The SMILES string of the molecule is O=C1CC(C=C(F)F)CN1Cc1c(C(F)(F)F)nc2ccc(NC3CCC3)nn12. The molecule has 1 saturated heterocycles. The molecule has 0 spiro atoms. The number of anilines is 1. The van der Waals surface area contributed by atoms with Crippen molar-refractivity contribution in [2.45, 2.75) is 44.4 Å². The van der Waals surface area contributed by atoms with Gasteiger partial charge >= 0.3 is 6.18 Å². The fraction of sp³-hybridized carbons (Fsp3) is 0.500. The number of nitrogens with one attached hydrogen (secondary N) is 1. The number of rotatable bonds is 5. The molecule has 0 aromatic carbocycles. The van der Waals surface area contributed by atoms with E-state index in [1.807, 2.05) is 0 Å². The molecule has 2 aromatic heterocycles. The summed E-state index contributed by atoms with van der Waals surface area (Å²) >= 11 is 0. The highest BCUT2D eigenvalue weighted by molar-refractivity contribution is 5.79. The average molecular weight is 415 g/mol. The minimum Gasteiger partial charge on any atom is -0.366 e. The van der Waals surface area contributed by atoms with Crippen molar-refractivity contribution in [3.63, 3.8) is 0 Å². The maximum Gasteiger partial charge on any atom is 0.435 e. The zero-order chi connectivity index (χ0) is 20.8. The smallest absolute Gasteiger partial charge is 0.366 e. The van der Waals surface area contributed by atoms with E-state index in [1.165, 1.54) is 6.07 Å². The highest BCUT2D eigenvalue weighted by atomic mass is 19.4. The van der Waals surface area contributed by atoms with Gasteiger partial charge in [0.15, 0.2) is 11.3 Å². The Hall–Kier alpha value is -2.72. The number of hydrogen-bond donors (Lipinski definition) is 1. The van der Waals surface area contributed by atoms with Crippen molar-refractivity contribution in [1.29, 1.82) is 0 Å². The Balaban J connectivity index is 1.67. The quantitative estimate of drug-likeness (QED) is 0.754. The van der Waals surface area contributed by atoms with Crippen molar-refractivity contribution in [2.75, 3.05) is 11.9 Å². The Kier molecular flexibility index (Phi) is 4.91. The Morgan fingerprint density at radius 2 is 2.03 bits per heavy atom. The molecule has 1 unspecified atom stereocenters. The molecule has 0 radical (unpaired) electrons. The molecule has 1 N–H and O–H groups in total. The summed E-state index contributed by atoms with van der Waals surface area (Å²) in [4.78, 5) is 16.9. The van der Waals surface area contributed by atoms with Crippen molar-refractivity contribution in [1.82, 2.24) is 19.5 Å². The van der Waals surface area contributed by atoms with Gasteiger partial charge in [0.1, 0.15) is 5.82 Å². The number of halogens is 5. The van der Waals surface area contributed by atoms with Crippen molar-refractivity contribution >= 4 is 17.4 Å². The van der Waals surface area contributed by atoms with Gasteiger partial charge in [-0.1, -0.05) is 0 Å². The Morgan fingerprint density at radius 1 is 1.28 bits per heavy atom. The van der Waals surface area contributed by atoms with E-state index < -0.39 is 36.3 Å². The summed E-state index contributed by atoms with van der Waals surface area (Å²) in [6.07, 6.45) is -3.14. The van der Waals surface area contributed by atoms with Crippen LogP contribution in [0.1, 0.15) is 37.1 Å². The van der Waals surface area contributed by atoms with Crippen LogP contribution in [-0.4, -0.2) is 38.0 Å². The Bertz CT molecular complexity index is 961. The standard InChI is InChI=1S/C18H18F5N5O/c19-13(20)6-10-7-16(29)27(8-10)9-12-17(18(21,22)23)25-15-5-4-14(26-28(12)15)24-11-2-1-3-11/h4-6,10-11H,1-3,7-9H2,(H,24,26). The fourth-order valence-electron chi connectivity index (χ4n) is 3.61. The molecule has 156 valence electrons. The van der Waals surface area contributed by atoms with Gasteiger partial charge in [-0.3, -0.25) is 4.79 Å².